The number of nitrogens with one attached hydrogen (secondary N) is 1. The highest BCUT2D eigenvalue weighted by molar-refractivity contribution is 7.15. The van der Waals surface area contributed by atoms with E-state index in [0.717, 1.165) is 22.1 Å². The SMILES string of the molecule is O=C(O)C1CCc2sc(NC3CCC3)nc21. The Bertz CT molecular complexity index is 426. The van der Waals surface area contributed by atoms with Gasteiger partial charge >= 0.3 is 5.97 Å². The Morgan fingerprint density at radius 3 is 2.88 bits per heavy atom. The largest absolute Gasteiger partial charge is 0.481 e. The van der Waals surface area contributed by atoms with Crippen molar-refractivity contribution in [1.82, 2.24) is 4.98 Å². The highest BCUT2D eigenvalue weighted by Gasteiger charge is 2.32. The van der Waals surface area contributed by atoms with Crippen LogP contribution < -0.4 is 5.32 Å². The summed E-state index contributed by atoms with van der Waals surface area (Å²) in [5, 5.41) is 13.4. The molecular formula is C11H14N2O2S. The van der Waals surface area contributed by atoms with Crippen LogP contribution in [0.5, 0.6) is 0 Å². The summed E-state index contributed by atoms with van der Waals surface area (Å²) in [6.07, 6.45) is 5.31. The van der Waals surface area contributed by atoms with Crippen molar-refractivity contribution in [2.24, 2.45) is 0 Å². The van der Waals surface area contributed by atoms with Gasteiger partial charge in [0.15, 0.2) is 5.13 Å². The number of hydrogen-bond acceptors (Lipinski definition) is 4. The predicted octanol–water partition coefficient (Wildman–Crippen LogP) is 2.22. The van der Waals surface area contributed by atoms with Gasteiger partial charge in [-0.05, 0) is 32.1 Å². The Hall–Kier alpha value is -1.10. The first kappa shape index (κ1) is 10.1. The van der Waals surface area contributed by atoms with E-state index in [2.05, 4.69) is 10.3 Å². The van der Waals surface area contributed by atoms with Crippen LogP contribution in [0.1, 0.15) is 42.2 Å². The van der Waals surface area contributed by atoms with Crippen LogP contribution in [0.3, 0.4) is 0 Å². The van der Waals surface area contributed by atoms with Gasteiger partial charge in [0.1, 0.15) is 5.92 Å². The summed E-state index contributed by atoms with van der Waals surface area (Å²) in [7, 11) is 0. The number of aliphatic carboxylic acids is 1. The van der Waals surface area contributed by atoms with Crippen LogP contribution in [0.2, 0.25) is 0 Å². The van der Waals surface area contributed by atoms with Gasteiger partial charge in [0.05, 0.1) is 5.69 Å². The molecule has 1 saturated carbocycles. The van der Waals surface area contributed by atoms with Crippen LogP contribution in [0, 0.1) is 0 Å². The Morgan fingerprint density at radius 2 is 2.25 bits per heavy atom. The second-order valence-electron chi connectivity index (χ2n) is 4.53. The first-order chi connectivity index (χ1) is 7.74. The van der Waals surface area contributed by atoms with E-state index in [4.69, 9.17) is 5.11 Å². The predicted molar refractivity (Wildman–Crippen MR) is 62.1 cm³/mol. The average Bonchev–Trinajstić information content (AvgIpc) is 2.68. The maximum Gasteiger partial charge on any atom is 0.312 e. The van der Waals surface area contributed by atoms with Crippen molar-refractivity contribution in [1.29, 1.82) is 0 Å². The fourth-order valence-electron chi connectivity index (χ4n) is 2.26. The third kappa shape index (κ3) is 1.59. The summed E-state index contributed by atoms with van der Waals surface area (Å²) in [4.78, 5) is 16.6. The molecule has 0 saturated heterocycles. The zero-order valence-electron chi connectivity index (χ0n) is 8.90. The van der Waals surface area contributed by atoms with E-state index < -0.39 is 5.97 Å². The van der Waals surface area contributed by atoms with E-state index in [1.807, 2.05) is 0 Å². The monoisotopic (exact) mass is 238 g/mol. The van der Waals surface area contributed by atoms with Crippen molar-refractivity contribution in [2.45, 2.75) is 44.1 Å². The van der Waals surface area contributed by atoms with Gasteiger partial charge in [-0.15, -0.1) is 11.3 Å². The van der Waals surface area contributed by atoms with Crippen LogP contribution in [-0.2, 0) is 11.2 Å². The van der Waals surface area contributed by atoms with Crippen molar-refractivity contribution in [3.8, 4) is 0 Å². The molecule has 1 heterocycles. The van der Waals surface area contributed by atoms with Gasteiger partial charge in [0.2, 0.25) is 0 Å². The maximum absolute atomic E-state index is 11.0. The first-order valence-corrected chi connectivity index (χ1v) is 6.54. The molecule has 0 spiro atoms. The Labute approximate surface area is 97.7 Å². The fourth-order valence-corrected chi connectivity index (χ4v) is 3.37. The molecule has 1 fully saturated rings. The molecule has 0 amide bonds. The fraction of sp³-hybridized carbons (Fsp3) is 0.636. The van der Waals surface area contributed by atoms with Gasteiger partial charge in [-0.25, -0.2) is 4.98 Å². The Kier molecular flexibility index (Phi) is 2.35. The van der Waals surface area contributed by atoms with Crippen molar-refractivity contribution >= 4 is 22.4 Å². The molecule has 0 aliphatic heterocycles. The summed E-state index contributed by atoms with van der Waals surface area (Å²) in [5.74, 6) is -1.11. The molecule has 2 aliphatic carbocycles. The van der Waals surface area contributed by atoms with E-state index in [-0.39, 0.29) is 5.92 Å². The van der Waals surface area contributed by atoms with E-state index in [9.17, 15) is 4.79 Å². The number of hydrogen-bond donors (Lipinski definition) is 2. The van der Waals surface area contributed by atoms with E-state index in [0.29, 0.717) is 12.5 Å². The van der Waals surface area contributed by atoms with Crippen LogP contribution in [-0.4, -0.2) is 22.1 Å². The van der Waals surface area contributed by atoms with Gasteiger partial charge in [-0.1, -0.05) is 0 Å². The van der Waals surface area contributed by atoms with Crippen molar-refractivity contribution in [2.75, 3.05) is 5.32 Å². The average molecular weight is 238 g/mol. The molecule has 3 rings (SSSR count). The summed E-state index contributed by atoms with van der Waals surface area (Å²) in [6.45, 7) is 0. The molecule has 4 nitrogen and oxygen atoms in total. The first-order valence-electron chi connectivity index (χ1n) is 5.73. The van der Waals surface area contributed by atoms with Gasteiger partial charge in [-0.3, -0.25) is 4.79 Å². The number of thiazole rings is 1. The molecular weight excluding hydrogens is 224 g/mol. The molecule has 1 aromatic heterocycles. The van der Waals surface area contributed by atoms with E-state index >= 15 is 0 Å². The molecule has 86 valence electrons. The topological polar surface area (TPSA) is 62.2 Å². The van der Waals surface area contributed by atoms with Gasteiger partial charge in [-0.2, -0.15) is 0 Å². The number of aromatic nitrogens is 1. The van der Waals surface area contributed by atoms with Crippen LogP contribution in [0.25, 0.3) is 0 Å². The number of carbonyl (C=O) groups is 1. The summed E-state index contributed by atoms with van der Waals surface area (Å²) >= 11 is 1.64. The smallest absolute Gasteiger partial charge is 0.312 e. The molecule has 0 bridgehead atoms. The zero-order valence-corrected chi connectivity index (χ0v) is 9.72. The minimum Gasteiger partial charge on any atom is -0.481 e. The third-order valence-electron chi connectivity index (χ3n) is 3.45. The quantitative estimate of drug-likeness (QED) is 0.847. The highest BCUT2D eigenvalue weighted by atomic mass is 32.1. The summed E-state index contributed by atoms with van der Waals surface area (Å²) in [6, 6.07) is 0.564. The summed E-state index contributed by atoms with van der Waals surface area (Å²) < 4.78 is 0. The lowest BCUT2D eigenvalue weighted by atomic mass is 9.93. The molecule has 5 heteroatoms. The van der Waals surface area contributed by atoms with Crippen molar-refractivity contribution < 1.29 is 9.90 Å². The molecule has 0 radical (unpaired) electrons. The van der Waals surface area contributed by atoms with Gasteiger partial charge in [0.25, 0.3) is 0 Å². The van der Waals surface area contributed by atoms with Crippen LogP contribution in [0.15, 0.2) is 0 Å². The number of nitrogens with zero attached hydrogens (tertiary/aromatic N) is 1. The third-order valence-corrected chi connectivity index (χ3v) is 4.51. The molecule has 1 atom stereocenters. The molecule has 2 N–H and O–H groups in total. The number of carboxylic acid groups (broad SMARTS) is 1. The van der Waals surface area contributed by atoms with Crippen LogP contribution in [0.4, 0.5) is 5.13 Å². The second-order valence-corrected chi connectivity index (χ2v) is 5.61. The minimum absolute atomic E-state index is 0.372. The van der Waals surface area contributed by atoms with Crippen molar-refractivity contribution in [3.05, 3.63) is 10.6 Å². The molecule has 1 unspecified atom stereocenters. The lowest BCUT2D eigenvalue weighted by molar-refractivity contribution is -0.138. The van der Waals surface area contributed by atoms with Crippen LogP contribution >= 0.6 is 11.3 Å². The maximum atomic E-state index is 11.0. The zero-order chi connectivity index (χ0) is 11.1. The number of anilines is 1. The van der Waals surface area contributed by atoms with Gasteiger partial charge < -0.3 is 10.4 Å². The standard InChI is InChI=1S/C11H14N2O2S/c14-10(15)7-4-5-8-9(7)13-11(16-8)12-6-2-1-3-6/h6-7H,1-5H2,(H,12,13)(H,14,15). The molecule has 0 aromatic carbocycles. The van der Waals surface area contributed by atoms with Crippen molar-refractivity contribution in [3.63, 3.8) is 0 Å². The molecule has 1 aromatic rings. The number of aryl methyl sites for hydroxylation is 1. The second kappa shape index (κ2) is 3.73. The Balaban J connectivity index is 1.78. The molecule has 16 heavy (non-hydrogen) atoms. The van der Waals surface area contributed by atoms with Gasteiger partial charge in [0, 0.05) is 10.9 Å². The summed E-state index contributed by atoms with van der Waals surface area (Å²) in [5.41, 5.74) is 0.805. The lowest BCUT2D eigenvalue weighted by Crippen LogP contribution is -2.26. The number of rotatable bonds is 3. The number of carboxylic acids is 1. The van der Waals surface area contributed by atoms with E-state index in [1.54, 1.807) is 11.3 Å². The molecule has 2 aliphatic rings. The lowest BCUT2D eigenvalue weighted by Gasteiger charge is -2.25. The Morgan fingerprint density at radius 1 is 1.44 bits per heavy atom. The normalized spacial score (nSPS) is 23.9. The van der Waals surface area contributed by atoms with E-state index in [1.165, 1.54) is 19.3 Å². The number of fused-ring (bicyclic) bond motifs is 1. The minimum atomic E-state index is -0.737. The highest BCUT2D eigenvalue weighted by Crippen LogP contribution is 2.39.